The van der Waals surface area contributed by atoms with E-state index in [0.717, 1.165) is 48.6 Å². The standard InChI is InChI=1S/C18H28N2O/c1-3-14(4-2)20-8-7-13(19-20)10-15(21)18-16-11-5-6-12(9-11)17(16)18/h7-8,11-12,14-18,21H,3-6,9-10H2,1-2H3. The van der Waals surface area contributed by atoms with Crippen LogP contribution in [0.1, 0.15) is 57.7 Å². The maximum atomic E-state index is 10.6. The highest BCUT2D eigenvalue weighted by atomic mass is 16.3. The van der Waals surface area contributed by atoms with Crippen LogP contribution in [0.4, 0.5) is 0 Å². The van der Waals surface area contributed by atoms with Gasteiger partial charge in [-0.05, 0) is 67.8 Å². The van der Waals surface area contributed by atoms with Crippen molar-refractivity contribution in [2.75, 3.05) is 0 Å². The molecule has 0 radical (unpaired) electrons. The summed E-state index contributed by atoms with van der Waals surface area (Å²) in [6.07, 6.45) is 9.25. The Balaban J connectivity index is 1.38. The van der Waals surface area contributed by atoms with Gasteiger partial charge in [-0.1, -0.05) is 13.8 Å². The van der Waals surface area contributed by atoms with E-state index in [1.807, 2.05) is 0 Å². The molecule has 116 valence electrons. The first-order valence-corrected chi connectivity index (χ1v) is 8.95. The third-order valence-electron chi connectivity index (χ3n) is 6.64. The monoisotopic (exact) mass is 288 g/mol. The summed E-state index contributed by atoms with van der Waals surface area (Å²) in [6.45, 7) is 4.43. The summed E-state index contributed by atoms with van der Waals surface area (Å²) >= 11 is 0. The number of hydrogen-bond donors (Lipinski definition) is 1. The summed E-state index contributed by atoms with van der Waals surface area (Å²) in [4.78, 5) is 0. The Morgan fingerprint density at radius 2 is 1.90 bits per heavy atom. The molecule has 4 rings (SSSR count). The van der Waals surface area contributed by atoms with Crippen molar-refractivity contribution >= 4 is 0 Å². The first kappa shape index (κ1) is 13.8. The summed E-state index contributed by atoms with van der Waals surface area (Å²) in [7, 11) is 0. The molecule has 0 aliphatic heterocycles. The molecule has 3 heteroatoms. The molecule has 5 unspecified atom stereocenters. The van der Waals surface area contributed by atoms with Crippen molar-refractivity contribution < 1.29 is 5.11 Å². The smallest absolute Gasteiger partial charge is 0.0650 e. The molecule has 1 aromatic heterocycles. The first-order valence-electron chi connectivity index (χ1n) is 8.95. The quantitative estimate of drug-likeness (QED) is 0.870. The molecule has 3 aliphatic carbocycles. The fourth-order valence-electron chi connectivity index (χ4n) is 5.61. The largest absolute Gasteiger partial charge is 0.392 e. The van der Waals surface area contributed by atoms with Gasteiger partial charge in [0.1, 0.15) is 0 Å². The zero-order valence-corrected chi connectivity index (χ0v) is 13.3. The van der Waals surface area contributed by atoms with Crippen LogP contribution >= 0.6 is 0 Å². The van der Waals surface area contributed by atoms with Crippen molar-refractivity contribution in [3.05, 3.63) is 18.0 Å². The predicted octanol–water partition coefficient (Wildman–Crippen LogP) is 3.44. The maximum absolute atomic E-state index is 10.6. The van der Waals surface area contributed by atoms with E-state index in [2.05, 4.69) is 30.8 Å². The Hall–Kier alpha value is -0.830. The molecule has 1 aromatic rings. The molecular formula is C18H28N2O. The van der Waals surface area contributed by atoms with Crippen molar-refractivity contribution in [1.29, 1.82) is 0 Å². The predicted molar refractivity (Wildman–Crippen MR) is 82.9 cm³/mol. The zero-order chi connectivity index (χ0) is 14.6. The second kappa shape index (κ2) is 5.12. The van der Waals surface area contributed by atoms with Gasteiger partial charge in [-0.15, -0.1) is 0 Å². The average molecular weight is 288 g/mol. The van der Waals surface area contributed by atoms with Crippen molar-refractivity contribution in [3.8, 4) is 0 Å². The van der Waals surface area contributed by atoms with Gasteiger partial charge in [0.2, 0.25) is 0 Å². The van der Waals surface area contributed by atoms with E-state index >= 15 is 0 Å². The van der Waals surface area contributed by atoms with Gasteiger partial charge in [0.25, 0.3) is 0 Å². The third kappa shape index (κ3) is 2.16. The molecule has 0 spiro atoms. The minimum atomic E-state index is -0.159. The number of nitrogens with zero attached hydrogens (tertiary/aromatic N) is 2. The molecule has 0 saturated heterocycles. The van der Waals surface area contributed by atoms with E-state index in [9.17, 15) is 5.11 Å². The minimum Gasteiger partial charge on any atom is -0.392 e. The van der Waals surface area contributed by atoms with E-state index in [1.165, 1.54) is 19.3 Å². The lowest BCUT2D eigenvalue weighted by Gasteiger charge is -2.15. The molecule has 21 heavy (non-hydrogen) atoms. The number of hydrogen-bond acceptors (Lipinski definition) is 2. The Bertz CT molecular complexity index is 491. The maximum Gasteiger partial charge on any atom is 0.0650 e. The minimum absolute atomic E-state index is 0.159. The van der Waals surface area contributed by atoms with Gasteiger partial charge in [-0.25, -0.2) is 0 Å². The molecule has 5 atom stereocenters. The van der Waals surface area contributed by atoms with Crippen molar-refractivity contribution in [2.24, 2.45) is 29.6 Å². The van der Waals surface area contributed by atoms with Crippen LogP contribution in [0.15, 0.2) is 12.3 Å². The third-order valence-corrected chi connectivity index (χ3v) is 6.64. The average Bonchev–Trinajstić information content (AvgIpc) is 2.84. The molecule has 3 aliphatic rings. The van der Waals surface area contributed by atoms with Gasteiger partial charge in [0.15, 0.2) is 0 Å². The van der Waals surface area contributed by atoms with Crippen LogP contribution in [-0.2, 0) is 6.42 Å². The van der Waals surface area contributed by atoms with Crippen molar-refractivity contribution in [2.45, 2.75) is 64.5 Å². The van der Waals surface area contributed by atoms with Crippen LogP contribution in [0.25, 0.3) is 0 Å². The topological polar surface area (TPSA) is 38.0 Å². The first-order chi connectivity index (χ1) is 10.2. The van der Waals surface area contributed by atoms with Gasteiger partial charge >= 0.3 is 0 Å². The van der Waals surface area contributed by atoms with Crippen LogP contribution in [0.3, 0.4) is 0 Å². The van der Waals surface area contributed by atoms with E-state index in [1.54, 1.807) is 0 Å². The fraction of sp³-hybridized carbons (Fsp3) is 0.833. The normalized spacial score (nSPS) is 38.0. The number of fused-ring (bicyclic) bond motifs is 5. The van der Waals surface area contributed by atoms with Crippen LogP contribution in [0.2, 0.25) is 0 Å². The summed E-state index contributed by atoms with van der Waals surface area (Å²) in [5.41, 5.74) is 1.08. The lowest BCUT2D eigenvalue weighted by atomic mass is 9.97. The molecule has 0 aromatic carbocycles. The molecule has 0 amide bonds. The van der Waals surface area contributed by atoms with Crippen molar-refractivity contribution in [3.63, 3.8) is 0 Å². The zero-order valence-electron chi connectivity index (χ0n) is 13.3. The van der Waals surface area contributed by atoms with E-state index < -0.39 is 0 Å². The van der Waals surface area contributed by atoms with Crippen LogP contribution in [0.5, 0.6) is 0 Å². The Morgan fingerprint density at radius 3 is 2.52 bits per heavy atom. The van der Waals surface area contributed by atoms with Gasteiger partial charge in [-0.3, -0.25) is 4.68 Å². The number of rotatable bonds is 6. The Morgan fingerprint density at radius 1 is 1.24 bits per heavy atom. The van der Waals surface area contributed by atoms with E-state index in [4.69, 9.17) is 5.10 Å². The summed E-state index contributed by atoms with van der Waals surface area (Å²) in [6, 6.07) is 2.61. The van der Waals surface area contributed by atoms with Crippen molar-refractivity contribution in [1.82, 2.24) is 9.78 Å². The second-order valence-electron chi connectivity index (χ2n) is 7.59. The highest BCUT2D eigenvalue weighted by Crippen LogP contribution is 2.70. The summed E-state index contributed by atoms with van der Waals surface area (Å²) < 4.78 is 2.10. The van der Waals surface area contributed by atoms with Gasteiger partial charge in [0.05, 0.1) is 17.8 Å². The molecule has 3 fully saturated rings. The lowest BCUT2D eigenvalue weighted by Crippen LogP contribution is -2.19. The Kier molecular flexibility index (Phi) is 3.36. The summed E-state index contributed by atoms with van der Waals surface area (Å²) in [5.74, 6) is 4.21. The molecule has 3 nitrogen and oxygen atoms in total. The van der Waals surface area contributed by atoms with E-state index in [0.29, 0.717) is 12.0 Å². The molecule has 2 bridgehead atoms. The molecule has 1 heterocycles. The number of aliphatic hydroxyl groups is 1. The highest BCUT2D eigenvalue weighted by molar-refractivity contribution is 5.16. The van der Waals surface area contributed by atoms with Gasteiger partial charge < -0.3 is 5.11 Å². The van der Waals surface area contributed by atoms with E-state index in [-0.39, 0.29) is 6.10 Å². The van der Waals surface area contributed by atoms with Crippen LogP contribution in [0, 0.1) is 29.6 Å². The summed E-state index contributed by atoms with van der Waals surface area (Å²) in [5, 5.41) is 15.3. The van der Waals surface area contributed by atoms with Crippen LogP contribution < -0.4 is 0 Å². The lowest BCUT2D eigenvalue weighted by molar-refractivity contribution is 0.127. The number of aromatic nitrogens is 2. The van der Waals surface area contributed by atoms with Crippen LogP contribution in [-0.4, -0.2) is 21.0 Å². The molecule has 3 saturated carbocycles. The second-order valence-corrected chi connectivity index (χ2v) is 7.59. The molecule has 1 N–H and O–H groups in total. The van der Waals surface area contributed by atoms with Gasteiger partial charge in [0, 0.05) is 12.6 Å². The highest BCUT2D eigenvalue weighted by Gasteiger charge is 2.66. The Labute approximate surface area is 127 Å². The number of aliphatic hydroxyl groups excluding tert-OH is 1. The fourth-order valence-corrected chi connectivity index (χ4v) is 5.61. The molecular weight excluding hydrogens is 260 g/mol. The van der Waals surface area contributed by atoms with Gasteiger partial charge in [-0.2, -0.15) is 5.10 Å². The SMILES string of the molecule is CCC(CC)n1ccc(CC(O)C2C3C4CCC(C4)C23)n1.